The van der Waals surface area contributed by atoms with E-state index >= 15 is 0 Å². The van der Waals surface area contributed by atoms with E-state index in [1.807, 2.05) is 13.0 Å². The minimum absolute atomic E-state index is 0.506. The SMILES string of the molecule is Cc1nc(N)cc(NCCC(C)c2ccccc2)n1. The molecule has 0 saturated carbocycles. The highest BCUT2D eigenvalue weighted by molar-refractivity contribution is 5.44. The molecule has 1 heterocycles. The molecule has 2 rings (SSSR count). The highest BCUT2D eigenvalue weighted by atomic mass is 15.0. The zero-order valence-corrected chi connectivity index (χ0v) is 11.4. The Labute approximate surface area is 114 Å². The lowest BCUT2D eigenvalue weighted by Gasteiger charge is -2.13. The number of nitrogens with two attached hydrogens (primary N) is 1. The quantitative estimate of drug-likeness (QED) is 0.863. The van der Waals surface area contributed by atoms with Crippen LogP contribution in [-0.4, -0.2) is 16.5 Å². The molecule has 0 aliphatic heterocycles. The van der Waals surface area contributed by atoms with Gasteiger partial charge in [0.15, 0.2) is 0 Å². The third-order valence-corrected chi connectivity index (χ3v) is 3.11. The highest BCUT2D eigenvalue weighted by Gasteiger charge is 2.05. The Kier molecular flexibility index (Phi) is 4.34. The molecule has 100 valence electrons. The van der Waals surface area contributed by atoms with Crippen molar-refractivity contribution in [1.82, 2.24) is 9.97 Å². The number of rotatable bonds is 5. The molecule has 19 heavy (non-hydrogen) atoms. The molecule has 1 unspecified atom stereocenters. The maximum Gasteiger partial charge on any atom is 0.131 e. The number of hydrogen-bond acceptors (Lipinski definition) is 4. The first-order valence-corrected chi connectivity index (χ1v) is 6.55. The second kappa shape index (κ2) is 6.18. The van der Waals surface area contributed by atoms with Crippen molar-refractivity contribution in [2.45, 2.75) is 26.2 Å². The summed E-state index contributed by atoms with van der Waals surface area (Å²) in [5.74, 6) is 2.52. The molecule has 0 fully saturated rings. The summed E-state index contributed by atoms with van der Waals surface area (Å²) in [7, 11) is 0. The van der Waals surface area contributed by atoms with Gasteiger partial charge in [-0.05, 0) is 24.8 Å². The number of hydrogen-bond donors (Lipinski definition) is 2. The van der Waals surface area contributed by atoms with Gasteiger partial charge in [0.2, 0.25) is 0 Å². The van der Waals surface area contributed by atoms with E-state index in [2.05, 4.69) is 46.5 Å². The molecule has 4 heteroatoms. The van der Waals surface area contributed by atoms with Crippen LogP contribution >= 0.6 is 0 Å². The molecule has 0 radical (unpaired) electrons. The molecular formula is C15H20N4. The number of benzene rings is 1. The van der Waals surface area contributed by atoms with Crippen molar-refractivity contribution in [3.8, 4) is 0 Å². The molecule has 0 bridgehead atoms. The Morgan fingerprint density at radius 3 is 2.63 bits per heavy atom. The number of anilines is 2. The van der Waals surface area contributed by atoms with Crippen molar-refractivity contribution >= 4 is 11.6 Å². The summed E-state index contributed by atoms with van der Waals surface area (Å²) in [6, 6.07) is 12.3. The van der Waals surface area contributed by atoms with Crippen LogP contribution in [-0.2, 0) is 0 Å². The lowest BCUT2D eigenvalue weighted by molar-refractivity contribution is 0.704. The van der Waals surface area contributed by atoms with Gasteiger partial charge >= 0.3 is 0 Å². The third kappa shape index (κ3) is 3.95. The van der Waals surface area contributed by atoms with Crippen LogP contribution in [0.25, 0.3) is 0 Å². The second-order valence-electron chi connectivity index (χ2n) is 4.75. The molecule has 1 aromatic heterocycles. The van der Waals surface area contributed by atoms with Gasteiger partial charge < -0.3 is 11.1 Å². The first kappa shape index (κ1) is 13.3. The lowest BCUT2D eigenvalue weighted by atomic mass is 9.98. The molecule has 0 aliphatic rings. The van der Waals surface area contributed by atoms with Gasteiger partial charge in [-0.2, -0.15) is 0 Å². The average molecular weight is 256 g/mol. The molecular weight excluding hydrogens is 236 g/mol. The fraction of sp³-hybridized carbons (Fsp3) is 0.333. The largest absolute Gasteiger partial charge is 0.384 e. The lowest BCUT2D eigenvalue weighted by Crippen LogP contribution is -2.08. The molecule has 1 atom stereocenters. The Balaban J connectivity index is 1.86. The van der Waals surface area contributed by atoms with Crippen molar-refractivity contribution in [1.29, 1.82) is 0 Å². The Morgan fingerprint density at radius 2 is 1.95 bits per heavy atom. The Hall–Kier alpha value is -2.10. The van der Waals surface area contributed by atoms with Gasteiger partial charge in [0, 0.05) is 12.6 Å². The van der Waals surface area contributed by atoms with E-state index < -0.39 is 0 Å². The summed E-state index contributed by atoms with van der Waals surface area (Å²) in [4.78, 5) is 8.35. The summed E-state index contributed by atoms with van der Waals surface area (Å²) in [5, 5.41) is 3.30. The van der Waals surface area contributed by atoms with Gasteiger partial charge in [0.25, 0.3) is 0 Å². The molecule has 0 aliphatic carbocycles. The van der Waals surface area contributed by atoms with E-state index in [4.69, 9.17) is 5.73 Å². The van der Waals surface area contributed by atoms with Crippen LogP contribution in [0.4, 0.5) is 11.6 Å². The summed E-state index contributed by atoms with van der Waals surface area (Å²) in [6.07, 6.45) is 1.05. The predicted octanol–water partition coefficient (Wildman–Crippen LogP) is 2.97. The molecule has 0 saturated heterocycles. The minimum Gasteiger partial charge on any atom is -0.384 e. The van der Waals surface area contributed by atoms with Crippen LogP contribution in [0.1, 0.15) is 30.7 Å². The van der Waals surface area contributed by atoms with E-state index in [9.17, 15) is 0 Å². The predicted molar refractivity (Wildman–Crippen MR) is 79.1 cm³/mol. The van der Waals surface area contributed by atoms with Crippen molar-refractivity contribution in [2.75, 3.05) is 17.6 Å². The Morgan fingerprint density at radius 1 is 1.21 bits per heavy atom. The topological polar surface area (TPSA) is 63.8 Å². The van der Waals surface area contributed by atoms with E-state index in [1.54, 1.807) is 6.07 Å². The van der Waals surface area contributed by atoms with Crippen molar-refractivity contribution < 1.29 is 0 Å². The summed E-state index contributed by atoms with van der Waals surface area (Å²) in [5.41, 5.74) is 7.05. The number of nitrogen functional groups attached to an aromatic ring is 1. The number of aryl methyl sites for hydroxylation is 1. The molecule has 4 nitrogen and oxygen atoms in total. The molecule has 1 aromatic carbocycles. The summed E-state index contributed by atoms with van der Waals surface area (Å²) in [6.45, 7) is 4.94. The van der Waals surface area contributed by atoms with Gasteiger partial charge in [-0.1, -0.05) is 37.3 Å². The van der Waals surface area contributed by atoms with Crippen LogP contribution in [0.5, 0.6) is 0 Å². The fourth-order valence-electron chi connectivity index (χ4n) is 2.05. The molecule has 3 N–H and O–H groups in total. The first-order chi connectivity index (χ1) is 9.15. The van der Waals surface area contributed by atoms with Crippen molar-refractivity contribution in [3.05, 3.63) is 47.8 Å². The van der Waals surface area contributed by atoms with Gasteiger partial charge in [0.1, 0.15) is 17.5 Å². The molecule has 0 spiro atoms. The zero-order valence-electron chi connectivity index (χ0n) is 11.4. The fourth-order valence-corrected chi connectivity index (χ4v) is 2.05. The van der Waals surface area contributed by atoms with Crippen molar-refractivity contribution in [3.63, 3.8) is 0 Å². The number of nitrogens with one attached hydrogen (secondary N) is 1. The van der Waals surface area contributed by atoms with Gasteiger partial charge in [-0.15, -0.1) is 0 Å². The summed E-state index contributed by atoms with van der Waals surface area (Å²) < 4.78 is 0. The Bertz CT molecular complexity index is 505. The van der Waals surface area contributed by atoms with E-state index in [0.29, 0.717) is 17.6 Å². The van der Waals surface area contributed by atoms with Crippen molar-refractivity contribution in [2.24, 2.45) is 0 Å². The number of aromatic nitrogens is 2. The van der Waals surface area contributed by atoms with E-state index in [-0.39, 0.29) is 0 Å². The standard InChI is InChI=1S/C15H20N4/c1-11(13-6-4-3-5-7-13)8-9-17-15-10-14(16)18-12(2)19-15/h3-7,10-11H,8-9H2,1-2H3,(H3,16,17,18,19). The van der Waals surface area contributed by atoms with E-state index in [1.165, 1.54) is 5.56 Å². The van der Waals surface area contributed by atoms with Crippen LogP contribution in [0.15, 0.2) is 36.4 Å². The zero-order chi connectivity index (χ0) is 13.7. The second-order valence-corrected chi connectivity index (χ2v) is 4.75. The van der Waals surface area contributed by atoms with Gasteiger partial charge in [-0.3, -0.25) is 0 Å². The van der Waals surface area contributed by atoms with Crippen LogP contribution in [0, 0.1) is 6.92 Å². The highest BCUT2D eigenvalue weighted by Crippen LogP contribution is 2.18. The van der Waals surface area contributed by atoms with Gasteiger partial charge in [0.05, 0.1) is 0 Å². The summed E-state index contributed by atoms with van der Waals surface area (Å²) >= 11 is 0. The smallest absolute Gasteiger partial charge is 0.131 e. The third-order valence-electron chi connectivity index (χ3n) is 3.11. The van der Waals surface area contributed by atoms with Gasteiger partial charge in [-0.25, -0.2) is 9.97 Å². The maximum atomic E-state index is 5.69. The maximum absolute atomic E-state index is 5.69. The van der Waals surface area contributed by atoms with Crippen LogP contribution < -0.4 is 11.1 Å². The normalized spacial score (nSPS) is 12.1. The van der Waals surface area contributed by atoms with Crippen LogP contribution in [0.2, 0.25) is 0 Å². The monoisotopic (exact) mass is 256 g/mol. The minimum atomic E-state index is 0.506. The number of nitrogens with zero attached hydrogens (tertiary/aromatic N) is 2. The average Bonchev–Trinajstić information content (AvgIpc) is 2.38. The molecule has 0 amide bonds. The van der Waals surface area contributed by atoms with Crippen LogP contribution in [0.3, 0.4) is 0 Å². The first-order valence-electron chi connectivity index (χ1n) is 6.55. The molecule has 2 aromatic rings. The van der Waals surface area contributed by atoms with E-state index in [0.717, 1.165) is 18.8 Å².